The minimum atomic E-state index is 0.700. The Morgan fingerprint density at radius 1 is 1.44 bits per heavy atom. The Morgan fingerprint density at radius 3 is 2.56 bits per heavy atom. The molecule has 0 unspecified atom stereocenters. The second-order valence-electron chi connectivity index (χ2n) is 3.31. The summed E-state index contributed by atoms with van der Waals surface area (Å²) in [5, 5.41) is 0. The van der Waals surface area contributed by atoms with Gasteiger partial charge in [-0.05, 0) is 42.3 Å². The molecule has 0 spiro atoms. The topological polar surface area (TPSA) is 22.1 Å². The van der Waals surface area contributed by atoms with Crippen molar-refractivity contribution in [2.24, 2.45) is 0 Å². The molecule has 90 valence electrons. The van der Waals surface area contributed by atoms with E-state index in [0.29, 0.717) is 5.88 Å². The first-order chi connectivity index (χ1) is 7.63. The van der Waals surface area contributed by atoms with Crippen molar-refractivity contribution < 1.29 is 4.74 Å². The number of allylic oxidation sites excluding steroid dienone is 2. The lowest BCUT2D eigenvalue weighted by Gasteiger charge is -2.05. The van der Waals surface area contributed by atoms with E-state index in [1.807, 2.05) is 19.9 Å². The van der Waals surface area contributed by atoms with Crippen LogP contribution >= 0.6 is 15.9 Å². The SMILES string of the molecule is CC.COc1ncc(Br)cc1CC=C(C)C. The smallest absolute Gasteiger partial charge is 0.216 e. The fraction of sp³-hybridized carbons (Fsp3) is 0.462. The summed E-state index contributed by atoms with van der Waals surface area (Å²) in [6.45, 7) is 8.16. The zero-order valence-electron chi connectivity index (χ0n) is 10.7. The lowest BCUT2D eigenvalue weighted by Crippen LogP contribution is -1.94. The van der Waals surface area contributed by atoms with Gasteiger partial charge in [-0.15, -0.1) is 0 Å². The van der Waals surface area contributed by atoms with E-state index >= 15 is 0 Å². The van der Waals surface area contributed by atoms with Gasteiger partial charge in [0.15, 0.2) is 0 Å². The molecule has 1 aromatic heterocycles. The highest BCUT2D eigenvalue weighted by molar-refractivity contribution is 9.10. The van der Waals surface area contributed by atoms with Crippen LogP contribution < -0.4 is 4.74 Å². The molecule has 0 bridgehead atoms. The first kappa shape index (κ1) is 15.2. The van der Waals surface area contributed by atoms with E-state index in [-0.39, 0.29) is 0 Å². The third-order valence-corrected chi connectivity index (χ3v) is 2.25. The Balaban J connectivity index is 0.00000106. The molecule has 1 heterocycles. The van der Waals surface area contributed by atoms with E-state index in [4.69, 9.17) is 4.74 Å². The van der Waals surface area contributed by atoms with Crippen LogP contribution in [0, 0.1) is 0 Å². The number of hydrogen-bond acceptors (Lipinski definition) is 2. The maximum Gasteiger partial charge on any atom is 0.216 e. The molecular weight excluding hydrogens is 266 g/mol. The number of nitrogens with zero attached hydrogens (tertiary/aromatic N) is 1. The number of methoxy groups -OCH3 is 1. The summed E-state index contributed by atoms with van der Waals surface area (Å²) < 4.78 is 6.15. The molecule has 0 radical (unpaired) electrons. The molecule has 0 aliphatic heterocycles. The van der Waals surface area contributed by atoms with Gasteiger partial charge in [0, 0.05) is 16.2 Å². The largest absolute Gasteiger partial charge is 0.481 e. The number of aromatic nitrogens is 1. The third kappa shape index (κ3) is 5.31. The van der Waals surface area contributed by atoms with E-state index < -0.39 is 0 Å². The van der Waals surface area contributed by atoms with E-state index in [2.05, 4.69) is 40.8 Å². The minimum absolute atomic E-state index is 0.700. The predicted octanol–water partition coefficient (Wildman–Crippen LogP) is 4.39. The Morgan fingerprint density at radius 2 is 2.06 bits per heavy atom. The highest BCUT2D eigenvalue weighted by Crippen LogP contribution is 2.20. The maximum absolute atomic E-state index is 5.17. The first-order valence-corrected chi connectivity index (χ1v) is 6.24. The van der Waals surface area contributed by atoms with Crippen molar-refractivity contribution in [3.05, 3.63) is 33.9 Å². The van der Waals surface area contributed by atoms with Gasteiger partial charge in [-0.1, -0.05) is 25.5 Å². The molecular formula is C13H20BrNO. The van der Waals surface area contributed by atoms with Crippen molar-refractivity contribution in [3.8, 4) is 5.88 Å². The molecule has 16 heavy (non-hydrogen) atoms. The van der Waals surface area contributed by atoms with Gasteiger partial charge in [-0.3, -0.25) is 0 Å². The van der Waals surface area contributed by atoms with Crippen molar-refractivity contribution >= 4 is 15.9 Å². The van der Waals surface area contributed by atoms with Gasteiger partial charge >= 0.3 is 0 Å². The molecule has 0 amide bonds. The van der Waals surface area contributed by atoms with Crippen molar-refractivity contribution in [1.29, 1.82) is 0 Å². The maximum atomic E-state index is 5.17. The average molecular weight is 286 g/mol. The Labute approximate surface area is 107 Å². The molecule has 3 heteroatoms. The summed E-state index contributed by atoms with van der Waals surface area (Å²) in [4.78, 5) is 4.18. The second kappa shape index (κ2) is 8.34. The molecule has 0 aromatic carbocycles. The second-order valence-corrected chi connectivity index (χ2v) is 4.22. The minimum Gasteiger partial charge on any atom is -0.481 e. The van der Waals surface area contributed by atoms with Gasteiger partial charge in [-0.25, -0.2) is 4.98 Å². The zero-order chi connectivity index (χ0) is 12.6. The molecule has 0 fully saturated rings. The summed E-state index contributed by atoms with van der Waals surface area (Å²) in [5.41, 5.74) is 2.40. The van der Waals surface area contributed by atoms with Crippen LogP contribution in [0.25, 0.3) is 0 Å². The monoisotopic (exact) mass is 285 g/mol. The van der Waals surface area contributed by atoms with Crippen LogP contribution in [0.5, 0.6) is 5.88 Å². The molecule has 0 saturated heterocycles. The average Bonchev–Trinajstić information content (AvgIpc) is 2.29. The van der Waals surface area contributed by atoms with Gasteiger partial charge in [0.2, 0.25) is 5.88 Å². The van der Waals surface area contributed by atoms with Crippen molar-refractivity contribution in [2.45, 2.75) is 34.1 Å². The first-order valence-electron chi connectivity index (χ1n) is 5.45. The van der Waals surface area contributed by atoms with Crippen LogP contribution in [-0.4, -0.2) is 12.1 Å². The highest BCUT2D eigenvalue weighted by atomic mass is 79.9. The lowest BCUT2D eigenvalue weighted by atomic mass is 10.1. The normalized spacial score (nSPS) is 8.88. The van der Waals surface area contributed by atoms with Crippen LogP contribution in [0.3, 0.4) is 0 Å². The van der Waals surface area contributed by atoms with E-state index in [0.717, 1.165) is 16.5 Å². The van der Waals surface area contributed by atoms with Crippen LogP contribution in [0.4, 0.5) is 0 Å². The molecule has 0 atom stereocenters. The standard InChI is InChI=1S/C11H14BrNO.C2H6/c1-8(2)4-5-9-6-10(12)7-13-11(9)14-3;1-2/h4,6-7H,5H2,1-3H3;1-2H3. The molecule has 0 N–H and O–H groups in total. The summed E-state index contributed by atoms with van der Waals surface area (Å²) in [6, 6.07) is 2.03. The molecule has 0 aliphatic carbocycles. The number of ether oxygens (including phenoxy) is 1. The summed E-state index contributed by atoms with van der Waals surface area (Å²) >= 11 is 3.39. The summed E-state index contributed by atoms with van der Waals surface area (Å²) in [6.07, 6.45) is 4.76. The lowest BCUT2D eigenvalue weighted by molar-refractivity contribution is 0.393. The van der Waals surface area contributed by atoms with Gasteiger partial charge in [0.1, 0.15) is 0 Å². The molecule has 0 aliphatic rings. The highest BCUT2D eigenvalue weighted by Gasteiger charge is 2.03. The van der Waals surface area contributed by atoms with Gasteiger partial charge < -0.3 is 4.74 Å². The summed E-state index contributed by atoms with van der Waals surface area (Å²) in [5.74, 6) is 0.700. The number of halogens is 1. The predicted molar refractivity (Wildman–Crippen MR) is 73.0 cm³/mol. The summed E-state index contributed by atoms with van der Waals surface area (Å²) in [7, 11) is 1.64. The van der Waals surface area contributed by atoms with Crippen molar-refractivity contribution in [2.75, 3.05) is 7.11 Å². The Hall–Kier alpha value is -0.830. The van der Waals surface area contributed by atoms with E-state index in [1.165, 1.54) is 5.57 Å². The van der Waals surface area contributed by atoms with Gasteiger partial charge in [0.25, 0.3) is 0 Å². The van der Waals surface area contributed by atoms with Crippen LogP contribution in [0.2, 0.25) is 0 Å². The molecule has 1 aromatic rings. The van der Waals surface area contributed by atoms with Gasteiger partial charge in [0.05, 0.1) is 7.11 Å². The molecule has 2 nitrogen and oxygen atoms in total. The van der Waals surface area contributed by atoms with Crippen molar-refractivity contribution in [1.82, 2.24) is 4.98 Å². The van der Waals surface area contributed by atoms with E-state index in [1.54, 1.807) is 13.3 Å². The van der Waals surface area contributed by atoms with Crippen LogP contribution in [0.15, 0.2) is 28.4 Å². The fourth-order valence-corrected chi connectivity index (χ4v) is 1.49. The van der Waals surface area contributed by atoms with Gasteiger partial charge in [-0.2, -0.15) is 0 Å². The number of hydrogen-bond donors (Lipinski definition) is 0. The number of rotatable bonds is 3. The fourth-order valence-electron chi connectivity index (χ4n) is 1.11. The zero-order valence-corrected chi connectivity index (χ0v) is 12.3. The molecule has 1 rings (SSSR count). The van der Waals surface area contributed by atoms with Crippen molar-refractivity contribution in [3.63, 3.8) is 0 Å². The van der Waals surface area contributed by atoms with E-state index in [9.17, 15) is 0 Å². The van der Waals surface area contributed by atoms with Crippen LogP contribution in [0.1, 0.15) is 33.3 Å². The Bertz CT molecular complexity index is 344. The Kier molecular flexibility index (Phi) is 7.90. The number of pyridine rings is 1. The quantitative estimate of drug-likeness (QED) is 0.769. The third-order valence-electron chi connectivity index (χ3n) is 1.82. The molecule has 0 saturated carbocycles. The van der Waals surface area contributed by atoms with Crippen LogP contribution in [-0.2, 0) is 6.42 Å².